The van der Waals surface area contributed by atoms with Gasteiger partial charge in [0, 0.05) is 15.6 Å². The first-order valence-electron chi connectivity index (χ1n) is 6.77. The summed E-state index contributed by atoms with van der Waals surface area (Å²) in [5.41, 5.74) is 0.299. The van der Waals surface area contributed by atoms with Gasteiger partial charge in [0.25, 0.3) is 10.0 Å². The highest BCUT2D eigenvalue weighted by atomic mass is 35.5. The summed E-state index contributed by atoms with van der Waals surface area (Å²) >= 11 is 6.90. The van der Waals surface area contributed by atoms with E-state index in [4.69, 9.17) is 11.6 Å². The Morgan fingerprint density at radius 1 is 1.09 bits per heavy atom. The van der Waals surface area contributed by atoms with E-state index in [9.17, 15) is 13.2 Å². The number of urea groups is 1. The molecule has 2 amide bonds. The third-order valence-corrected chi connectivity index (χ3v) is 6.50. The zero-order chi connectivity index (χ0) is 17.3. The predicted molar refractivity (Wildman–Crippen MR) is 93.8 cm³/mol. The minimum atomic E-state index is -3.90. The normalized spacial score (nSPS) is 12.0. The molecule has 0 aliphatic heterocycles. The number of sulfonamides is 1. The number of halogens is 1. The Bertz CT molecular complexity index is 806. The van der Waals surface area contributed by atoms with Crippen LogP contribution in [0.5, 0.6) is 0 Å². The first-order valence-corrected chi connectivity index (χ1v) is 9.45. The Hall–Kier alpha value is -1.57. The molecule has 0 aliphatic carbocycles. The molecule has 0 atom stereocenters. The summed E-state index contributed by atoms with van der Waals surface area (Å²) in [4.78, 5) is 12.8. The number of rotatable bonds is 3. The smallest absolute Gasteiger partial charge is 0.307 e. The van der Waals surface area contributed by atoms with E-state index >= 15 is 0 Å². The summed E-state index contributed by atoms with van der Waals surface area (Å²) in [5, 5.41) is 2.97. The van der Waals surface area contributed by atoms with Crippen LogP contribution in [0.15, 0.2) is 40.6 Å². The highest BCUT2D eigenvalue weighted by Gasteiger charge is 2.23. The molecule has 8 heteroatoms. The van der Waals surface area contributed by atoms with Crippen LogP contribution in [0.2, 0.25) is 5.02 Å². The van der Waals surface area contributed by atoms with E-state index in [1.165, 1.54) is 6.07 Å². The molecule has 5 nitrogen and oxygen atoms in total. The fraction of sp³-hybridized carbons (Fsp3) is 0.267. The van der Waals surface area contributed by atoms with E-state index in [2.05, 4.69) is 5.32 Å². The number of hydrogen-bond donors (Lipinski definition) is 2. The molecule has 0 unspecified atom stereocenters. The molecule has 0 saturated heterocycles. The van der Waals surface area contributed by atoms with Gasteiger partial charge < -0.3 is 5.32 Å². The van der Waals surface area contributed by atoms with Crippen molar-refractivity contribution in [3.63, 3.8) is 0 Å². The molecule has 0 bridgehead atoms. The molecule has 23 heavy (non-hydrogen) atoms. The first-order chi connectivity index (χ1) is 10.6. The molecule has 2 N–H and O–H groups in total. The Labute approximate surface area is 144 Å². The lowest BCUT2D eigenvalue weighted by atomic mass is 9.95. The molecule has 1 aromatic heterocycles. The fourth-order valence-corrected chi connectivity index (χ4v) is 4.13. The summed E-state index contributed by atoms with van der Waals surface area (Å²) in [5.74, 6) is 0. The molecule has 0 radical (unpaired) electrons. The van der Waals surface area contributed by atoms with Crippen LogP contribution in [0.3, 0.4) is 0 Å². The molecule has 0 aliphatic rings. The average Bonchev–Trinajstić information content (AvgIpc) is 2.91. The van der Waals surface area contributed by atoms with Crippen molar-refractivity contribution in [2.75, 3.05) is 5.32 Å². The number of anilines is 1. The van der Waals surface area contributed by atoms with Crippen LogP contribution >= 0.6 is 22.9 Å². The fourth-order valence-electron chi connectivity index (χ4n) is 1.73. The second kappa shape index (κ2) is 6.51. The Kier molecular flexibility index (Phi) is 5.03. The van der Waals surface area contributed by atoms with Crippen molar-refractivity contribution < 1.29 is 13.2 Å². The van der Waals surface area contributed by atoms with Crippen LogP contribution < -0.4 is 10.0 Å². The van der Waals surface area contributed by atoms with Crippen molar-refractivity contribution >= 4 is 44.7 Å². The van der Waals surface area contributed by atoms with E-state index in [1.54, 1.807) is 30.3 Å². The number of nitrogens with one attached hydrogen (secondary N) is 2. The van der Waals surface area contributed by atoms with Crippen molar-refractivity contribution in [2.45, 2.75) is 30.4 Å². The van der Waals surface area contributed by atoms with Gasteiger partial charge in [-0.3, -0.25) is 0 Å². The minimum absolute atomic E-state index is 0.105. The average molecular weight is 373 g/mol. The van der Waals surface area contributed by atoms with Crippen molar-refractivity contribution in [1.82, 2.24) is 4.72 Å². The topological polar surface area (TPSA) is 75.3 Å². The van der Waals surface area contributed by atoms with Crippen LogP contribution in [0, 0.1) is 0 Å². The quantitative estimate of drug-likeness (QED) is 0.847. The first kappa shape index (κ1) is 17.8. The molecular weight excluding hydrogens is 356 g/mol. The van der Waals surface area contributed by atoms with Gasteiger partial charge in [-0.25, -0.2) is 17.9 Å². The number of carbonyl (C=O) groups is 1. The maximum Gasteiger partial charge on any atom is 0.333 e. The summed E-state index contributed by atoms with van der Waals surface area (Å²) in [6.07, 6.45) is 0. The standard InChI is InChI=1S/C15H17ClN2O3S2/c1-15(2,3)12-8-9-13(22-12)23(20,21)18-14(19)17-11-6-4-10(16)5-7-11/h4-9H,1-3H3,(H2,17,18,19). The lowest BCUT2D eigenvalue weighted by Gasteiger charge is -2.15. The lowest BCUT2D eigenvalue weighted by Crippen LogP contribution is -2.33. The van der Waals surface area contributed by atoms with E-state index in [-0.39, 0.29) is 9.62 Å². The predicted octanol–water partition coefficient (Wildman–Crippen LogP) is 4.21. The maximum atomic E-state index is 12.2. The molecule has 2 rings (SSSR count). The Balaban J connectivity index is 2.10. The Morgan fingerprint density at radius 3 is 2.22 bits per heavy atom. The monoisotopic (exact) mass is 372 g/mol. The van der Waals surface area contributed by atoms with Gasteiger partial charge in [0.15, 0.2) is 0 Å². The van der Waals surface area contributed by atoms with Crippen molar-refractivity contribution in [3.8, 4) is 0 Å². The third-order valence-electron chi connectivity index (χ3n) is 2.91. The molecule has 0 spiro atoms. The maximum absolute atomic E-state index is 12.2. The number of benzene rings is 1. The number of hydrogen-bond acceptors (Lipinski definition) is 4. The molecular formula is C15H17ClN2O3S2. The molecule has 0 saturated carbocycles. The van der Waals surface area contributed by atoms with E-state index < -0.39 is 16.1 Å². The summed E-state index contributed by atoms with van der Waals surface area (Å²) in [6.45, 7) is 5.99. The molecule has 0 fully saturated rings. The number of carbonyl (C=O) groups excluding carboxylic acids is 1. The van der Waals surface area contributed by atoms with Crippen molar-refractivity contribution in [1.29, 1.82) is 0 Å². The van der Waals surface area contributed by atoms with Gasteiger partial charge in [-0.2, -0.15) is 0 Å². The zero-order valence-corrected chi connectivity index (χ0v) is 15.3. The van der Waals surface area contributed by atoms with Crippen LogP contribution in [0.25, 0.3) is 0 Å². The van der Waals surface area contributed by atoms with Gasteiger partial charge in [-0.1, -0.05) is 32.4 Å². The highest BCUT2D eigenvalue weighted by molar-refractivity contribution is 7.92. The van der Waals surface area contributed by atoms with Gasteiger partial charge >= 0.3 is 6.03 Å². The van der Waals surface area contributed by atoms with Crippen LogP contribution in [0.1, 0.15) is 25.6 Å². The van der Waals surface area contributed by atoms with E-state index in [0.717, 1.165) is 16.2 Å². The van der Waals surface area contributed by atoms with Gasteiger partial charge in [-0.05, 0) is 41.8 Å². The molecule has 1 aromatic carbocycles. The summed E-state index contributed by atoms with van der Waals surface area (Å²) < 4.78 is 26.6. The lowest BCUT2D eigenvalue weighted by molar-refractivity contribution is 0.256. The second-order valence-electron chi connectivity index (χ2n) is 5.94. The van der Waals surface area contributed by atoms with Crippen molar-refractivity contribution in [3.05, 3.63) is 46.3 Å². The van der Waals surface area contributed by atoms with E-state index in [0.29, 0.717) is 10.7 Å². The largest absolute Gasteiger partial charge is 0.333 e. The van der Waals surface area contributed by atoms with Crippen LogP contribution in [-0.4, -0.2) is 14.4 Å². The van der Waals surface area contributed by atoms with Crippen molar-refractivity contribution in [2.24, 2.45) is 0 Å². The highest BCUT2D eigenvalue weighted by Crippen LogP contribution is 2.31. The molecule has 124 valence electrons. The Morgan fingerprint density at radius 2 is 1.70 bits per heavy atom. The second-order valence-corrected chi connectivity index (χ2v) is 9.36. The van der Waals surface area contributed by atoms with Crippen LogP contribution in [-0.2, 0) is 15.4 Å². The zero-order valence-electron chi connectivity index (χ0n) is 12.9. The van der Waals surface area contributed by atoms with Crippen LogP contribution in [0.4, 0.5) is 10.5 Å². The summed E-state index contributed by atoms with van der Waals surface area (Å²) in [7, 11) is -3.90. The molecule has 2 aromatic rings. The molecule has 1 heterocycles. The van der Waals surface area contributed by atoms with Gasteiger partial charge in [-0.15, -0.1) is 11.3 Å². The summed E-state index contributed by atoms with van der Waals surface area (Å²) in [6, 6.07) is 8.80. The third kappa shape index (κ3) is 4.70. The van der Waals surface area contributed by atoms with Gasteiger partial charge in [0.2, 0.25) is 0 Å². The minimum Gasteiger partial charge on any atom is -0.307 e. The van der Waals surface area contributed by atoms with Gasteiger partial charge in [0.05, 0.1) is 0 Å². The van der Waals surface area contributed by atoms with E-state index in [1.807, 2.05) is 25.5 Å². The number of thiophene rings is 1. The van der Waals surface area contributed by atoms with Gasteiger partial charge in [0.1, 0.15) is 4.21 Å². The SMILES string of the molecule is CC(C)(C)c1ccc(S(=O)(=O)NC(=O)Nc2ccc(Cl)cc2)s1. The number of amides is 2.